The summed E-state index contributed by atoms with van der Waals surface area (Å²) in [6.45, 7) is 22.9. The summed E-state index contributed by atoms with van der Waals surface area (Å²) in [6.07, 6.45) is 21.1. The summed E-state index contributed by atoms with van der Waals surface area (Å²) in [5, 5.41) is 3.26. The van der Waals surface area contributed by atoms with E-state index in [9.17, 15) is 4.79 Å². The molecule has 2 aliphatic heterocycles. The number of carbonyl (C=O) groups is 1. The van der Waals surface area contributed by atoms with Crippen LogP contribution in [-0.2, 0) is 10.2 Å². The molecule has 0 saturated heterocycles. The molecule has 322 valence electrons. The number of carbonyl (C=O) groups excluding carboxylic acids is 1. The number of anilines is 1. The van der Waals surface area contributed by atoms with Gasteiger partial charge < -0.3 is 20.4 Å². The van der Waals surface area contributed by atoms with Crippen LogP contribution in [0.1, 0.15) is 78.4 Å². The number of rotatable bonds is 21. The Morgan fingerprint density at radius 3 is 2.05 bits per heavy atom. The van der Waals surface area contributed by atoms with Crippen LogP contribution in [0.3, 0.4) is 0 Å². The van der Waals surface area contributed by atoms with E-state index in [4.69, 9.17) is 5.73 Å². The summed E-state index contributed by atoms with van der Waals surface area (Å²) in [4.78, 5) is 15.8. The molecular formula is C51H81N7O+4. The predicted molar refractivity (Wildman–Crippen MR) is 256 cm³/mol. The summed E-state index contributed by atoms with van der Waals surface area (Å²) < 4.78 is 5.02. The number of nitrogens with zero attached hydrogens (tertiary/aromatic N) is 5. The number of fused-ring (bicyclic) bond motifs is 1. The van der Waals surface area contributed by atoms with Crippen molar-refractivity contribution in [2.45, 2.75) is 79.6 Å². The van der Waals surface area contributed by atoms with Gasteiger partial charge in [0.2, 0.25) is 5.91 Å². The van der Waals surface area contributed by atoms with Crippen LogP contribution in [0.5, 0.6) is 0 Å². The first-order valence-electron chi connectivity index (χ1n) is 22.2. The van der Waals surface area contributed by atoms with E-state index >= 15 is 0 Å². The van der Waals surface area contributed by atoms with Gasteiger partial charge in [-0.3, -0.25) is 13.8 Å². The van der Waals surface area contributed by atoms with E-state index in [0.717, 1.165) is 72.0 Å². The average Bonchev–Trinajstić information content (AvgIpc) is 3.55. The molecule has 0 aliphatic carbocycles. The minimum absolute atomic E-state index is 0.106. The number of nitrogens with one attached hydrogen (secondary N) is 1. The van der Waals surface area contributed by atoms with E-state index in [2.05, 4.69) is 190 Å². The third kappa shape index (κ3) is 11.8. The van der Waals surface area contributed by atoms with Crippen molar-refractivity contribution in [3.8, 4) is 0 Å². The van der Waals surface area contributed by atoms with Gasteiger partial charge in [-0.25, -0.2) is 4.58 Å². The van der Waals surface area contributed by atoms with Crippen molar-refractivity contribution in [3.05, 3.63) is 114 Å². The first-order chi connectivity index (χ1) is 27.7. The summed E-state index contributed by atoms with van der Waals surface area (Å²) in [5.74, 6) is 0.114. The predicted octanol–water partition coefficient (Wildman–Crippen LogP) is 8.61. The maximum atomic E-state index is 13.4. The lowest BCUT2D eigenvalue weighted by Gasteiger charge is -2.34. The highest BCUT2D eigenvalue weighted by Crippen LogP contribution is 2.49. The van der Waals surface area contributed by atoms with Crippen molar-refractivity contribution in [1.82, 2.24) is 14.3 Å². The minimum atomic E-state index is -0.190. The van der Waals surface area contributed by atoms with Crippen molar-refractivity contribution in [2.75, 3.05) is 99.5 Å². The molecule has 3 N–H and O–H groups in total. The lowest BCUT2D eigenvalue weighted by Crippen LogP contribution is -2.47. The molecule has 0 saturated carbocycles. The van der Waals surface area contributed by atoms with Gasteiger partial charge >= 0.3 is 0 Å². The molecule has 0 atom stereocenters. The second kappa shape index (κ2) is 20.0. The van der Waals surface area contributed by atoms with Gasteiger partial charge in [0.15, 0.2) is 11.9 Å². The average molecular weight is 808 g/mol. The smallest absolute Gasteiger partial charge is 0.221 e. The third-order valence-electron chi connectivity index (χ3n) is 13.0. The van der Waals surface area contributed by atoms with E-state index in [1.54, 1.807) is 0 Å². The topological polar surface area (TPSA) is 61.4 Å². The quantitative estimate of drug-likeness (QED) is 0.0576. The number of benzene rings is 2. The number of nitrogens with two attached hydrogens (primary N) is 1. The fraction of sp³-hybridized carbons (Fsp3) is 0.529. The molecule has 59 heavy (non-hydrogen) atoms. The molecule has 2 aromatic carbocycles. The van der Waals surface area contributed by atoms with Crippen LogP contribution >= 0.6 is 0 Å². The first-order valence-corrected chi connectivity index (χ1v) is 22.2. The van der Waals surface area contributed by atoms with Gasteiger partial charge in [-0.2, -0.15) is 0 Å². The van der Waals surface area contributed by atoms with Crippen LogP contribution in [0.15, 0.2) is 102 Å². The molecule has 0 fully saturated rings. The second-order valence-corrected chi connectivity index (χ2v) is 19.6. The highest BCUT2D eigenvalue weighted by Gasteiger charge is 2.42. The van der Waals surface area contributed by atoms with Gasteiger partial charge in [-0.05, 0) is 58.4 Å². The number of amides is 1. The number of allylic oxidation sites excluding steroid dienone is 9. The zero-order chi connectivity index (χ0) is 43.6. The number of aryl methyl sites for hydroxylation is 1. The monoisotopic (exact) mass is 808 g/mol. The number of para-hydroxylation sites is 1. The maximum absolute atomic E-state index is 13.4. The molecule has 0 bridgehead atoms. The van der Waals surface area contributed by atoms with Crippen molar-refractivity contribution in [2.24, 2.45) is 11.1 Å². The van der Waals surface area contributed by atoms with Crippen LogP contribution < -0.4 is 24.9 Å². The number of hydrogen-bond donors (Lipinski definition) is 2. The fourth-order valence-corrected chi connectivity index (χ4v) is 8.92. The molecule has 0 radical (unpaired) electrons. The normalized spacial score (nSPS) is 17.6. The van der Waals surface area contributed by atoms with E-state index in [0.29, 0.717) is 19.5 Å². The molecule has 1 amide bonds. The first kappa shape index (κ1) is 47.6. The van der Waals surface area contributed by atoms with Crippen molar-refractivity contribution >= 4 is 28.7 Å². The SMILES string of the molecule is CC=CC=CC1=C[N+](CC)=C(C=CC=C2N(CCC(=O)NCCC[N+](C)(C)CCC[N+](C)(C)c3ccc([N+](C)(C)CCCN)cc3)c3c(C)cccc3C2(C)C)C1(C)C. The molecule has 2 heterocycles. The Balaban J connectivity index is 1.32. The zero-order valence-electron chi connectivity index (χ0n) is 39.4. The van der Waals surface area contributed by atoms with Crippen molar-refractivity contribution < 1.29 is 13.9 Å². The van der Waals surface area contributed by atoms with Crippen LogP contribution in [-0.4, -0.2) is 115 Å². The Morgan fingerprint density at radius 2 is 1.44 bits per heavy atom. The van der Waals surface area contributed by atoms with E-state index < -0.39 is 0 Å². The summed E-state index contributed by atoms with van der Waals surface area (Å²) in [7, 11) is 13.8. The zero-order valence-corrected chi connectivity index (χ0v) is 39.4. The largest absolute Gasteiger partial charge is 0.356 e. The molecule has 0 aromatic heterocycles. The second-order valence-electron chi connectivity index (χ2n) is 19.6. The third-order valence-corrected chi connectivity index (χ3v) is 13.0. The Bertz CT molecular complexity index is 1940. The lowest BCUT2D eigenvalue weighted by molar-refractivity contribution is -0.890. The highest BCUT2D eigenvalue weighted by molar-refractivity contribution is 5.99. The molecule has 0 spiro atoms. The van der Waals surface area contributed by atoms with Gasteiger partial charge in [0, 0.05) is 91.5 Å². The number of quaternary nitrogens is 3. The van der Waals surface area contributed by atoms with Crippen LogP contribution in [0.25, 0.3) is 0 Å². The Morgan fingerprint density at radius 1 is 0.814 bits per heavy atom. The standard InChI is InChI=1S/C51H80N7O/c1-14-16-17-24-42-40-54(15-2)46(50(42,4)5)26-19-27-47-51(6,7)45-25-18-23-41(3)49(45)55(47)35-32-48(59)53-34-21-36-56(8,9)37-22-39-58(12,13)44-30-28-43(29-31-44)57(10,11)38-20-33-52/h14,16-19,23-31,40H,15,20-22,32-39,52H2,1-13H3/q+3/p+1. The maximum Gasteiger partial charge on any atom is 0.221 e. The lowest BCUT2D eigenvalue weighted by atomic mass is 9.80. The molecule has 4 rings (SSSR count). The Labute approximate surface area is 359 Å². The summed E-state index contributed by atoms with van der Waals surface area (Å²) in [5.41, 5.74) is 15.8. The van der Waals surface area contributed by atoms with Gasteiger partial charge in [0.1, 0.15) is 17.9 Å². The van der Waals surface area contributed by atoms with Crippen molar-refractivity contribution in [1.29, 1.82) is 0 Å². The van der Waals surface area contributed by atoms with Crippen LogP contribution in [0, 0.1) is 12.3 Å². The minimum Gasteiger partial charge on any atom is -0.356 e. The molecule has 0 unspecified atom stereocenters. The van der Waals surface area contributed by atoms with Gasteiger partial charge in [-0.1, -0.05) is 62.4 Å². The van der Waals surface area contributed by atoms with Crippen molar-refractivity contribution in [3.63, 3.8) is 0 Å². The van der Waals surface area contributed by atoms with Gasteiger partial charge in [0.25, 0.3) is 0 Å². The van der Waals surface area contributed by atoms with E-state index in [1.165, 1.54) is 45.2 Å². The summed E-state index contributed by atoms with van der Waals surface area (Å²) >= 11 is 0. The molecule has 8 nitrogen and oxygen atoms in total. The Hall–Kier alpha value is -4.08. The fourth-order valence-electron chi connectivity index (χ4n) is 8.92. The molecule has 2 aliphatic rings. The van der Waals surface area contributed by atoms with Crippen LogP contribution in [0.4, 0.5) is 17.1 Å². The molecule has 2 aromatic rings. The van der Waals surface area contributed by atoms with Gasteiger partial charge in [-0.15, -0.1) is 0 Å². The van der Waals surface area contributed by atoms with Crippen LogP contribution in [0.2, 0.25) is 0 Å². The molecular weight excluding hydrogens is 727 g/mol. The van der Waals surface area contributed by atoms with Gasteiger partial charge in [0.05, 0.1) is 73.9 Å². The summed E-state index contributed by atoms with van der Waals surface area (Å²) in [6, 6.07) is 15.8. The van der Waals surface area contributed by atoms with E-state index in [1.807, 2.05) is 6.92 Å². The number of hydrogen-bond acceptors (Lipinski definition) is 3. The highest BCUT2D eigenvalue weighted by atomic mass is 16.1. The Kier molecular flexibility index (Phi) is 16.1. The molecule has 8 heteroatoms. The van der Waals surface area contributed by atoms with E-state index in [-0.39, 0.29) is 16.7 Å².